The van der Waals surface area contributed by atoms with Gasteiger partial charge in [-0.05, 0) is 62.6 Å². The first-order valence-corrected chi connectivity index (χ1v) is 11.6. The van der Waals surface area contributed by atoms with Gasteiger partial charge in [-0.25, -0.2) is 0 Å². The van der Waals surface area contributed by atoms with E-state index in [-0.39, 0.29) is 0 Å². The number of fused-ring (bicyclic) bond motifs is 1. The molecule has 1 saturated heterocycles. The summed E-state index contributed by atoms with van der Waals surface area (Å²) in [6.07, 6.45) is 4.97. The van der Waals surface area contributed by atoms with Gasteiger partial charge in [0.15, 0.2) is 17.1 Å². The number of hydrogen-bond acceptors (Lipinski definition) is 6. The second kappa shape index (κ2) is 10.6. The summed E-state index contributed by atoms with van der Waals surface area (Å²) < 4.78 is 17.7. The highest BCUT2D eigenvalue weighted by Gasteiger charge is 2.21. The van der Waals surface area contributed by atoms with Gasteiger partial charge < -0.3 is 19.2 Å². The van der Waals surface area contributed by atoms with Crippen LogP contribution >= 0.6 is 0 Å². The molecule has 0 spiro atoms. The second-order valence-electron chi connectivity index (χ2n) is 8.11. The van der Waals surface area contributed by atoms with Crippen LogP contribution in [0.3, 0.4) is 0 Å². The quantitative estimate of drug-likeness (QED) is 0.416. The number of oxazole rings is 1. The summed E-state index contributed by atoms with van der Waals surface area (Å²) in [6.45, 7) is 9.66. The van der Waals surface area contributed by atoms with Crippen molar-refractivity contribution in [3.05, 3.63) is 59.9 Å². The van der Waals surface area contributed by atoms with Crippen molar-refractivity contribution >= 4 is 17.1 Å². The molecule has 6 nitrogen and oxygen atoms in total. The molecule has 2 aromatic carbocycles. The van der Waals surface area contributed by atoms with Gasteiger partial charge in [0.05, 0.1) is 12.4 Å². The maximum atomic E-state index is 6.03. The molecule has 0 aliphatic carbocycles. The molecule has 1 aliphatic rings. The molecule has 32 heavy (non-hydrogen) atoms. The summed E-state index contributed by atoms with van der Waals surface area (Å²) in [5, 5.41) is 3.47. The number of rotatable bonds is 9. The van der Waals surface area contributed by atoms with Crippen molar-refractivity contribution in [3.63, 3.8) is 0 Å². The van der Waals surface area contributed by atoms with Gasteiger partial charge in [0.25, 0.3) is 6.01 Å². The van der Waals surface area contributed by atoms with Crippen molar-refractivity contribution in [1.82, 2.24) is 9.88 Å². The Hall–Kier alpha value is -2.99. The number of anilines is 1. The van der Waals surface area contributed by atoms with E-state index >= 15 is 0 Å². The summed E-state index contributed by atoms with van der Waals surface area (Å²) in [4.78, 5) is 7.03. The van der Waals surface area contributed by atoms with E-state index in [2.05, 4.69) is 34.3 Å². The molecular weight excluding hydrogens is 402 g/mol. The number of nitrogens with zero attached hydrogens (tertiary/aromatic N) is 2. The molecule has 1 aromatic heterocycles. The highest BCUT2D eigenvalue weighted by atomic mass is 16.5. The second-order valence-corrected chi connectivity index (χ2v) is 8.11. The van der Waals surface area contributed by atoms with Crippen molar-refractivity contribution in [1.29, 1.82) is 0 Å². The topological polar surface area (TPSA) is 59.8 Å². The third-order valence-electron chi connectivity index (χ3n) is 5.83. The fourth-order valence-corrected chi connectivity index (χ4v) is 4.08. The number of benzene rings is 2. The number of para-hydroxylation sites is 2. The maximum Gasteiger partial charge on any atom is 0.295 e. The number of hydrogen-bond donors (Lipinski definition) is 1. The predicted molar refractivity (Wildman–Crippen MR) is 128 cm³/mol. The molecule has 0 bridgehead atoms. The van der Waals surface area contributed by atoms with Gasteiger partial charge in [-0.1, -0.05) is 25.1 Å². The third kappa shape index (κ3) is 5.43. The molecule has 1 N–H and O–H groups in total. The van der Waals surface area contributed by atoms with Crippen LogP contribution in [0.1, 0.15) is 45.6 Å². The number of allylic oxidation sites excluding steroid dienone is 2. The molecule has 0 amide bonds. The molecule has 0 atom stereocenters. The van der Waals surface area contributed by atoms with Crippen LogP contribution in [0.5, 0.6) is 11.5 Å². The van der Waals surface area contributed by atoms with Crippen molar-refractivity contribution in [2.75, 3.05) is 25.0 Å². The lowest BCUT2D eigenvalue weighted by Gasteiger charge is -2.32. The average Bonchev–Trinajstić information content (AvgIpc) is 3.22. The lowest BCUT2D eigenvalue weighted by molar-refractivity contribution is 0.210. The fourth-order valence-electron chi connectivity index (χ4n) is 4.08. The molecule has 6 heteroatoms. The van der Waals surface area contributed by atoms with Crippen LogP contribution in [0.15, 0.2) is 58.7 Å². The minimum atomic E-state index is 0.377. The van der Waals surface area contributed by atoms with Crippen LogP contribution in [0.4, 0.5) is 6.01 Å². The van der Waals surface area contributed by atoms with Crippen molar-refractivity contribution in [2.45, 2.75) is 52.6 Å². The zero-order valence-electron chi connectivity index (χ0n) is 19.3. The lowest BCUT2D eigenvalue weighted by atomic mass is 10.0. The molecule has 4 rings (SSSR count). The summed E-state index contributed by atoms with van der Waals surface area (Å²) in [5.74, 6) is 2.55. The van der Waals surface area contributed by atoms with E-state index in [0.717, 1.165) is 67.3 Å². The largest absolute Gasteiger partial charge is 0.490 e. The highest BCUT2D eigenvalue weighted by molar-refractivity contribution is 5.74. The molecular formula is C26H33N3O3. The van der Waals surface area contributed by atoms with Crippen LogP contribution in [0.2, 0.25) is 0 Å². The molecule has 1 aliphatic heterocycles. The summed E-state index contributed by atoms with van der Waals surface area (Å²) in [7, 11) is 0. The first kappa shape index (κ1) is 22.2. The lowest BCUT2D eigenvalue weighted by Crippen LogP contribution is -2.38. The van der Waals surface area contributed by atoms with Gasteiger partial charge in [-0.3, -0.25) is 4.90 Å². The average molecular weight is 436 g/mol. The molecule has 2 heterocycles. The van der Waals surface area contributed by atoms with E-state index in [9.17, 15) is 0 Å². The monoisotopic (exact) mass is 435 g/mol. The van der Waals surface area contributed by atoms with Gasteiger partial charge in [0, 0.05) is 32.1 Å². The molecule has 3 aromatic rings. The zero-order chi connectivity index (χ0) is 22.3. The highest BCUT2D eigenvalue weighted by Crippen LogP contribution is 2.31. The predicted octanol–water partition coefficient (Wildman–Crippen LogP) is 6.00. The molecule has 1 fully saturated rings. The van der Waals surface area contributed by atoms with Gasteiger partial charge in [0.2, 0.25) is 0 Å². The third-order valence-corrected chi connectivity index (χ3v) is 5.83. The van der Waals surface area contributed by atoms with Crippen LogP contribution in [0.25, 0.3) is 11.1 Å². The minimum absolute atomic E-state index is 0.377. The van der Waals surface area contributed by atoms with Gasteiger partial charge in [0.1, 0.15) is 5.52 Å². The van der Waals surface area contributed by atoms with E-state index in [1.807, 2.05) is 50.3 Å². The Morgan fingerprint density at radius 1 is 1.16 bits per heavy atom. The van der Waals surface area contributed by atoms with Crippen LogP contribution in [0, 0.1) is 0 Å². The van der Waals surface area contributed by atoms with Gasteiger partial charge in [-0.15, -0.1) is 0 Å². The first-order valence-electron chi connectivity index (χ1n) is 11.6. The Kier molecular flexibility index (Phi) is 7.32. The molecule has 0 saturated carbocycles. The van der Waals surface area contributed by atoms with Crippen molar-refractivity contribution in [3.8, 4) is 11.5 Å². The normalized spacial score (nSPS) is 15.8. The van der Waals surface area contributed by atoms with E-state index < -0.39 is 0 Å². The Morgan fingerprint density at radius 2 is 1.97 bits per heavy atom. The Morgan fingerprint density at radius 3 is 2.69 bits per heavy atom. The van der Waals surface area contributed by atoms with Crippen LogP contribution in [-0.4, -0.2) is 35.6 Å². The first-order chi connectivity index (χ1) is 15.7. The number of ether oxygens (including phenoxy) is 2. The minimum Gasteiger partial charge on any atom is -0.490 e. The van der Waals surface area contributed by atoms with Crippen LogP contribution in [-0.2, 0) is 6.54 Å². The molecule has 0 unspecified atom stereocenters. The Labute approximate surface area is 190 Å². The van der Waals surface area contributed by atoms with Gasteiger partial charge in [-0.2, -0.15) is 4.98 Å². The fraction of sp³-hybridized carbons (Fsp3) is 0.423. The van der Waals surface area contributed by atoms with E-state index in [0.29, 0.717) is 18.7 Å². The molecule has 0 radical (unpaired) electrons. The number of aromatic nitrogens is 1. The van der Waals surface area contributed by atoms with E-state index in [4.69, 9.17) is 13.9 Å². The standard InChI is InChI=1S/C26H33N3O3/c1-4-21(5-2)31-24-12-11-19(17-25(24)30-6-3)18-29-15-13-20(14-16-29)27-26-28-22-9-7-8-10-23(22)32-26/h4,7-12,17,20H,5-6,13-16,18H2,1-3H3,(H,27,28). The number of nitrogens with one attached hydrogen (secondary N) is 1. The number of piperidine rings is 1. The van der Waals surface area contributed by atoms with E-state index in [1.165, 1.54) is 5.56 Å². The maximum absolute atomic E-state index is 6.03. The van der Waals surface area contributed by atoms with Gasteiger partial charge >= 0.3 is 0 Å². The smallest absolute Gasteiger partial charge is 0.295 e. The Bertz CT molecular complexity index is 1020. The van der Waals surface area contributed by atoms with E-state index in [1.54, 1.807) is 0 Å². The summed E-state index contributed by atoms with van der Waals surface area (Å²) >= 11 is 0. The summed E-state index contributed by atoms with van der Waals surface area (Å²) in [6, 6.07) is 15.2. The van der Waals surface area contributed by atoms with Crippen LogP contribution < -0.4 is 14.8 Å². The SMILES string of the molecule is CC=C(CC)Oc1ccc(CN2CCC(Nc3nc4ccccc4o3)CC2)cc1OCC. The van der Waals surface area contributed by atoms with Crippen molar-refractivity contribution in [2.24, 2.45) is 0 Å². The summed E-state index contributed by atoms with van der Waals surface area (Å²) in [5.41, 5.74) is 2.96. The zero-order valence-corrected chi connectivity index (χ0v) is 19.3. The molecule has 170 valence electrons. The van der Waals surface area contributed by atoms with Crippen molar-refractivity contribution < 1.29 is 13.9 Å². The number of likely N-dealkylation sites (tertiary alicyclic amines) is 1. The Balaban J connectivity index is 1.33.